The summed E-state index contributed by atoms with van der Waals surface area (Å²) in [6, 6.07) is 0. The summed E-state index contributed by atoms with van der Waals surface area (Å²) in [4.78, 5) is 14.1. The van der Waals surface area contributed by atoms with Gasteiger partial charge in [-0.05, 0) is 27.2 Å². The number of amides is 1. The molecule has 4 nitrogen and oxygen atoms in total. The van der Waals surface area contributed by atoms with Crippen LogP contribution in [0.15, 0.2) is 0 Å². The van der Waals surface area contributed by atoms with Crippen LogP contribution in [0.1, 0.15) is 40.5 Å². The Labute approximate surface area is 109 Å². The molecule has 0 radical (unpaired) electrons. The summed E-state index contributed by atoms with van der Waals surface area (Å²) in [6.07, 6.45) is 1.52. The summed E-state index contributed by atoms with van der Waals surface area (Å²) in [6.45, 7) is 8.07. The maximum Gasteiger partial charge on any atom is 0.232 e. The second kappa shape index (κ2) is 6.91. The number of thiocarbonyl (C=S) groups is 1. The van der Waals surface area contributed by atoms with Crippen molar-refractivity contribution in [1.29, 1.82) is 0 Å². The van der Waals surface area contributed by atoms with Crippen molar-refractivity contribution in [2.45, 2.75) is 46.1 Å². The molecule has 3 N–H and O–H groups in total. The summed E-state index contributed by atoms with van der Waals surface area (Å²) in [5, 5.41) is 9.76. The molecule has 0 aromatic rings. The molecular formula is C12H24N2O2S. The molecule has 5 heteroatoms. The fourth-order valence-corrected chi connectivity index (χ4v) is 1.93. The van der Waals surface area contributed by atoms with Crippen molar-refractivity contribution < 1.29 is 9.90 Å². The highest BCUT2D eigenvalue weighted by atomic mass is 32.1. The molecule has 0 aliphatic heterocycles. The van der Waals surface area contributed by atoms with Crippen LogP contribution in [0.3, 0.4) is 0 Å². The fourth-order valence-electron chi connectivity index (χ4n) is 1.71. The summed E-state index contributed by atoms with van der Waals surface area (Å²) >= 11 is 4.93. The molecular weight excluding hydrogens is 236 g/mol. The second-order valence-corrected chi connectivity index (χ2v) is 5.38. The van der Waals surface area contributed by atoms with E-state index in [2.05, 4.69) is 0 Å². The van der Waals surface area contributed by atoms with Gasteiger partial charge >= 0.3 is 0 Å². The molecule has 0 heterocycles. The van der Waals surface area contributed by atoms with E-state index in [0.29, 0.717) is 19.5 Å². The smallest absolute Gasteiger partial charge is 0.232 e. The van der Waals surface area contributed by atoms with E-state index in [1.54, 1.807) is 18.7 Å². The Kier molecular flexibility index (Phi) is 6.64. The number of hydrogen-bond donors (Lipinski definition) is 2. The van der Waals surface area contributed by atoms with Crippen molar-refractivity contribution in [3.05, 3.63) is 0 Å². The van der Waals surface area contributed by atoms with Crippen molar-refractivity contribution in [2.24, 2.45) is 11.7 Å². The topological polar surface area (TPSA) is 66.6 Å². The first-order valence-electron chi connectivity index (χ1n) is 6.03. The molecule has 0 fully saturated rings. The molecule has 0 spiro atoms. The largest absolute Gasteiger partial charge is 0.393 e. The summed E-state index contributed by atoms with van der Waals surface area (Å²) in [5.74, 6) is -0.485. The minimum absolute atomic E-state index is 0.0797. The molecule has 0 aliphatic carbocycles. The molecule has 0 aromatic carbocycles. The summed E-state index contributed by atoms with van der Waals surface area (Å²) in [7, 11) is 0. The van der Waals surface area contributed by atoms with E-state index in [1.807, 2.05) is 13.8 Å². The van der Waals surface area contributed by atoms with Gasteiger partial charge in [-0.15, -0.1) is 0 Å². The predicted octanol–water partition coefficient (Wildman–Crippen LogP) is 1.31. The standard InChI is InChI=1S/C12H24N2O2S/c1-5-7-9(10(13)17)11(15)14(6-2)8-12(3,4)16/h9,16H,5-8H2,1-4H3,(H2,13,17). The third-order valence-electron chi connectivity index (χ3n) is 2.49. The first-order chi connectivity index (χ1) is 7.72. The van der Waals surface area contributed by atoms with E-state index in [9.17, 15) is 9.90 Å². The molecule has 0 rings (SSSR count). The van der Waals surface area contributed by atoms with Gasteiger partial charge in [-0.2, -0.15) is 0 Å². The number of nitrogens with two attached hydrogens (primary N) is 1. The van der Waals surface area contributed by atoms with Crippen LogP contribution in [-0.4, -0.2) is 39.6 Å². The summed E-state index contributed by atoms with van der Waals surface area (Å²) in [5.41, 5.74) is 4.70. The Morgan fingerprint density at radius 2 is 2.00 bits per heavy atom. The molecule has 0 aliphatic rings. The maximum atomic E-state index is 12.2. The minimum atomic E-state index is -0.904. The van der Waals surface area contributed by atoms with Gasteiger partial charge in [-0.3, -0.25) is 4.79 Å². The van der Waals surface area contributed by atoms with Gasteiger partial charge in [-0.1, -0.05) is 25.6 Å². The molecule has 0 saturated heterocycles. The van der Waals surface area contributed by atoms with Crippen molar-refractivity contribution in [3.8, 4) is 0 Å². The molecule has 1 atom stereocenters. The second-order valence-electron chi connectivity index (χ2n) is 4.91. The minimum Gasteiger partial charge on any atom is -0.393 e. The van der Waals surface area contributed by atoms with E-state index in [0.717, 1.165) is 6.42 Å². The van der Waals surface area contributed by atoms with Gasteiger partial charge in [0.2, 0.25) is 5.91 Å². The molecule has 17 heavy (non-hydrogen) atoms. The number of carbonyl (C=O) groups is 1. The zero-order valence-corrected chi connectivity index (χ0v) is 12.0. The number of hydrogen-bond acceptors (Lipinski definition) is 3. The van der Waals surface area contributed by atoms with Crippen LogP contribution in [0, 0.1) is 5.92 Å². The van der Waals surface area contributed by atoms with Gasteiger partial charge in [0.1, 0.15) is 0 Å². The third kappa shape index (κ3) is 5.98. The highest BCUT2D eigenvalue weighted by Crippen LogP contribution is 2.14. The molecule has 0 aromatic heterocycles. The maximum absolute atomic E-state index is 12.2. The number of likely N-dealkylation sites (N-methyl/N-ethyl adjacent to an activating group) is 1. The zero-order valence-electron chi connectivity index (χ0n) is 11.2. The Morgan fingerprint density at radius 3 is 2.29 bits per heavy atom. The van der Waals surface area contributed by atoms with Gasteiger partial charge < -0.3 is 15.7 Å². The van der Waals surface area contributed by atoms with E-state index >= 15 is 0 Å². The van der Waals surface area contributed by atoms with Gasteiger partial charge in [0, 0.05) is 13.1 Å². The SMILES string of the molecule is CCCC(C(=O)N(CC)CC(C)(C)O)C(N)=S. The van der Waals surface area contributed by atoms with Crippen molar-refractivity contribution in [3.63, 3.8) is 0 Å². The van der Waals surface area contributed by atoms with E-state index in [-0.39, 0.29) is 10.9 Å². The van der Waals surface area contributed by atoms with E-state index in [4.69, 9.17) is 18.0 Å². The molecule has 100 valence electrons. The van der Waals surface area contributed by atoms with Crippen LogP contribution < -0.4 is 5.73 Å². The quantitative estimate of drug-likeness (QED) is 0.677. The Bertz CT molecular complexity index is 274. The third-order valence-corrected chi connectivity index (χ3v) is 2.77. The Hall–Kier alpha value is -0.680. The van der Waals surface area contributed by atoms with Gasteiger partial charge in [0.25, 0.3) is 0 Å². The van der Waals surface area contributed by atoms with Gasteiger partial charge in [0.15, 0.2) is 0 Å². The normalized spacial score (nSPS) is 13.2. The predicted molar refractivity (Wildman–Crippen MR) is 73.7 cm³/mol. The average Bonchev–Trinajstić information content (AvgIpc) is 2.19. The first-order valence-corrected chi connectivity index (χ1v) is 6.44. The number of nitrogens with zero attached hydrogens (tertiary/aromatic N) is 1. The molecule has 0 saturated carbocycles. The van der Waals surface area contributed by atoms with Crippen molar-refractivity contribution in [1.82, 2.24) is 4.90 Å². The Balaban J connectivity index is 4.76. The fraction of sp³-hybridized carbons (Fsp3) is 0.833. The average molecular weight is 260 g/mol. The van der Waals surface area contributed by atoms with E-state index < -0.39 is 11.5 Å². The van der Waals surface area contributed by atoms with Crippen molar-refractivity contribution >= 4 is 23.1 Å². The van der Waals surface area contributed by atoms with Crippen LogP contribution >= 0.6 is 12.2 Å². The van der Waals surface area contributed by atoms with Gasteiger partial charge in [0.05, 0.1) is 16.5 Å². The van der Waals surface area contributed by atoms with Crippen molar-refractivity contribution in [2.75, 3.05) is 13.1 Å². The van der Waals surface area contributed by atoms with Crippen LogP contribution in [0.2, 0.25) is 0 Å². The number of aliphatic hydroxyl groups is 1. The number of carbonyl (C=O) groups excluding carboxylic acids is 1. The van der Waals surface area contributed by atoms with Gasteiger partial charge in [-0.25, -0.2) is 0 Å². The lowest BCUT2D eigenvalue weighted by Gasteiger charge is -2.30. The monoisotopic (exact) mass is 260 g/mol. The first kappa shape index (κ1) is 16.3. The lowest BCUT2D eigenvalue weighted by atomic mass is 10.0. The lowest BCUT2D eigenvalue weighted by molar-refractivity contribution is -0.136. The zero-order chi connectivity index (χ0) is 13.6. The van der Waals surface area contributed by atoms with E-state index in [1.165, 1.54) is 0 Å². The highest BCUT2D eigenvalue weighted by Gasteiger charge is 2.28. The van der Waals surface area contributed by atoms with Crippen LogP contribution in [0.4, 0.5) is 0 Å². The van der Waals surface area contributed by atoms with Crippen LogP contribution in [-0.2, 0) is 4.79 Å². The van der Waals surface area contributed by atoms with Crippen LogP contribution in [0.5, 0.6) is 0 Å². The molecule has 0 bridgehead atoms. The summed E-state index contributed by atoms with van der Waals surface area (Å²) < 4.78 is 0. The van der Waals surface area contributed by atoms with Crippen LogP contribution in [0.25, 0.3) is 0 Å². The highest BCUT2D eigenvalue weighted by molar-refractivity contribution is 7.80. The molecule has 1 amide bonds. The Morgan fingerprint density at radius 1 is 1.47 bits per heavy atom. The molecule has 1 unspecified atom stereocenters. The lowest BCUT2D eigenvalue weighted by Crippen LogP contribution is -2.47. The number of rotatable bonds is 7.